The van der Waals surface area contributed by atoms with Crippen LogP contribution in [0.5, 0.6) is 0 Å². The molecule has 5 rings (SSSR count). The molecule has 0 aromatic carbocycles. The summed E-state index contributed by atoms with van der Waals surface area (Å²) in [6.07, 6.45) is 10.8. The van der Waals surface area contributed by atoms with E-state index < -0.39 is 0 Å². The zero-order valence-corrected chi connectivity index (χ0v) is 14.3. The van der Waals surface area contributed by atoms with Crippen molar-refractivity contribution in [2.75, 3.05) is 0 Å². The Morgan fingerprint density at radius 3 is 2.15 bits per heavy atom. The smallest absolute Gasteiger partial charge is 0.0292 e. The van der Waals surface area contributed by atoms with Crippen molar-refractivity contribution in [3.8, 4) is 0 Å². The van der Waals surface area contributed by atoms with E-state index in [1.54, 1.807) is 19.3 Å². The fourth-order valence-corrected chi connectivity index (χ4v) is 7.00. The first-order valence-corrected chi connectivity index (χ1v) is 9.24. The first-order chi connectivity index (χ1) is 9.24. The van der Waals surface area contributed by atoms with E-state index in [0.29, 0.717) is 16.2 Å². The maximum atomic E-state index is 2.63. The van der Waals surface area contributed by atoms with E-state index in [4.69, 9.17) is 0 Å². The third-order valence-electron chi connectivity index (χ3n) is 8.82. The van der Waals surface area contributed by atoms with E-state index in [0.717, 1.165) is 29.6 Å². The standard InChI is InChI=1S/C20H34/c1-18(2)14-7-6-13(16(18)10-14)11-20(5)9-8-15-17(12-20)19(15,3)4/h13-17H,6-12H2,1-5H3. The van der Waals surface area contributed by atoms with Crippen molar-refractivity contribution in [3.63, 3.8) is 0 Å². The van der Waals surface area contributed by atoms with E-state index in [9.17, 15) is 0 Å². The van der Waals surface area contributed by atoms with E-state index in [-0.39, 0.29) is 0 Å². The number of hydrogen-bond donors (Lipinski definition) is 0. The van der Waals surface area contributed by atoms with Gasteiger partial charge < -0.3 is 0 Å². The zero-order valence-electron chi connectivity index (χ0n) is 14.3. The monoisotopic (exact) mass is 274 g/mol. The third kappa shape index (κ3) is 1.72. The lowest BCUT2D eigenvalue weighted by Crippen LogP contribution is -2.53. The first-order valence-electron chi connectivity index (χ1n) is 9.24. The first kappa shape index (κ1) is 13.6. The molecular formula is C20H34. The summed E-state index contributed by atoms with van der Waals surface area (Å²) in [4.78, 5) is 0. The van der Waals surface area contributed by atoms with Gasteiger partial charge in [-0.1, -0.05) is 34.6 Å². The Balaban J connectivity index is 1.44. The van der Waals surface area contributed by atoms with Crippen molar-refractivity contribution in [2.45, 2.75) is 79.6 Å². The lowest BCUT2D eigenvalue weighted by Gasteiger charge is -2.61. The van der Waals surface area contributed by atoms with E-state index >= 15 is 0 Å². The van der Waals surface area contributed by atoms with Crippen LogP contribution in [0.15, 0.2) is 0 Å². The van der Waals surface area contributed by atoms with Crippen molar-refractivity contribution < 1.29 is 0 Å². The number of hydrogen-bond acceptors (Lipinski definition) is 0. The fraction of sp³-hybridized carbons (Fsp3) is 1.00. The third-order valence-corrected chi connectivity index (χ3v) is 8.82. The Bertz CT molecular complexity index is 416. The Kier molecular flexibility index (Phi) is 2.63. The predicted octanol–water partition coefficient (Wildman–Crippen LogP) is 5.91. The van der Waals surface area contributed by atoms with Gasteiger partial charge in [0.2, 0.25) is 0 Å². The van der Waals surface area contributed by atoms with Crippen LogP contribution in [0.3, 0.4) is 0 Å². The molecule has 5 saturated carbocycles. The topological polar surface area (TPSA) is 0 Å². The Labute approximate surface area is 126 Å². The van der Waals surface area contributed by atoms with Gasteiger partial charge in [0.25, 0.3) is 0 Å². The number of rotatable bonds is 2. The van der Waals surface area contributed by atoms with Gasteiger partial charge in [0.1, 0.15) is 0 Å². The van der Waals surface area contributed by atoms with Gasteiger partial charge in [-0.3, -0.25) is 0 Å². The SMILES string of the molecule is CC1(CC2CCC3CC2C3(C)C)CCC2C(C1)C2(C)C. The molecule has 0 aromatic rings. The molecule has 2 bridgehead atoms. The summed E-state index contributed by atoms with van der Waals surface area (Å²) in [6.45, 7) is 12.8. The molecule has 6 unspecified atom stereocenters. The minimum absolute atomic E-state index is 0.676. The predicted molar refractivity (Wildman–Crippen MR) is 85.4 cm³/mol. The van der Waals surface area contributed by atoms with Crippen LogP contribution >= 0.6 is 0 Å². The maximum absolute atomic E-state index is 2.63. The highest BCUT2D eigenvalue weighted by Gasteiger charge is 2.62. The van der Waals surface area contributed by atoms with E-state index in [1.165, 1.54) is 25.7 Å². The fourth-order valence-electron chi connectivity index (χ4n) is 7.00. The summed E-state index contributed by atoms with van der Waals surface area (Å²) in [5, 5.41) is 0. The Morgan fingerprint density at radius 2 is 1.55 bits per heavy atom. The molecule has 0 saturated heterocycles. The zero-order chi connectivity index (χ0) is 14.3. The molecule has 6 atom stereocenters. The molecule has 0 N–H and O–H groups in total. The van der Waals surface area contributed by atoms with Crippen LogP contribution in [-0.4, -0.2) is 0 Å². The highest BCUT2D eigenvalue weighted by atomic mass is 14.7. The van der Waals surface area contributed by atoms with Crippen LogP contribution in [0.2, 0.25) is 0 Å². The molecule has 0 heterocycles. The summed E-state index contributed by atoms with van der Waals surface area (Å²) >= 11 is 0. The second kappa shape index (κ2) is 3.85. The Hall–Kier alpha value is 0. The molecule has 0 aromatic heterocycles. The molecule has 0 amide bonds. The van der Waals surface area contributed by atoms with Crippen molar-refractivity contribution in [1.82, 2.24) is 0 Å². The molecule has 0 aliphatic heterocycles. The largest absolute Gasteiger partial charge is 0.0596 e. The minimum atomic E-state index is 0.676. The van der Waals surface area contributed by atoms with Crippen LogP contribution in [0.25, 0.3) is 0 Å². The van der Waals surface area contributed by atoms with Gasteiger partial charge in [-0.15, -0.1) is 0 Å². The van der Waals surface area contributed by atoms with E-state index in [2.05, 4.69) is 34.6 Å². The Morgan fingerprint density at radius 1 is 0.800 bits per heavy atom. The van der Waals surface area contributed by atoms with Gasteiger partial charge in [0.15, 0.2) is 0 Å². The van der Waals surface area contributed by atoms with Crippen LogP contribution < -0.4 is 0 Å². The van der Waals surface area contributed by atoms with Gasteiger partial charge in [-0.25, -0.2) is 0 Å². The van der Waals surface area contributed by atoms with Gasteiger partial charge in [-0.05, 0) is 90.8 Å². The molecule has 20 heavy (non-hydrogen) atoms. The maximum Gasteiger partial charge on any atom is -0.0292 e. The molecule has 5 aliphatic rings. The minimum Gasteiger partial charge on any atom is -0.0596 e. The van der Waals surface area contributed by atoms with Crippen LogP contribution in [0.4, 0.5) is 0 Å². The van der Waals surface area contributed by atoms with Crippen LogP contribution in [-0.2, 0) is 0 Å². The highest BCUT2D eigenvalue weighted by Crippen LogP contribution is 2.70. The normalized spacial score (nSPS) is 54.8. The molecule has 114 valence electrons. The van der Waals surface area contributed by atoms with Crippen molar-refractivity contribution in [1.29, 1.82) is 0 Å². The quantitative estimate of drug-likeness (QED) is 0.587. The summed E-state index contributed by atoms with van der Waals surface area (Å²) in [5.74, 6) is 5.31. The summed E-state index contributed by atoms with van der Waals surface area (Å²) < 4.78 is 0. The lowest BCUT2D eigenvalue weighted by molar-refractivity contribution is -0.117. The summed E-state index contributed by atoms with van der Waals surface area (Å²) in [7, 11) is 0. The van der Waals surface area contributed by atoms with Crippen LogP contribution in [0.1, 0.15) is 79.6 Å². The molecule has 0 radical (unpaired) electrons. The molecule has 0 spiro atoms. The molecule has 0 nitrogen and oxygen atoms in total. The van der Waals surface area contributed by atoms with Gasteiger partial charge in [0.05, 0.1) is 0 Å². The highest BCUT2D eigenvalue weighted by molar-refractivity contribution is 5.11. The van der Waals surface area contributed by atoms with Crippen molar-refractivity contribution >= 4 is 0 Å². The molecule has 5 aliphatic carbocycles. The second-order valence-corrected chi connectivity index (χ2v) is 10.5. The average Bonchev–Trinajstić information content (AvgIpc) is 2.89. The second-order valence-electron chi connectivity index (χ2n) is 10.5. The van der Waals surface area contributed by atoms with Gasteiger partial charge >= 0.3 is 0 Å². The van der Waals surface area contributed by atoms with Crippen molar-refractivity contribution in [2.24, 2.45) is 45.8 Å². The summed E-state index contributed by atoms with van der Waals surface area (Å²) in [6, 6.07) is 0. The van der Waals surface area contributed by atoms with Gasteiger partial charge in [0, 0.05) is 0 Å². The molecular weight excluding hydrogens is 240 g/mol. The van der Waals surface area contributed by atoms with Crippen molar-refractivity contribution in [3.05, 3.63) is 0 Å². The van der Waals surface area contributed by atoms with Gasteiger partial charge in [-0.2, -0.15) is 0 Å². The average molecular weight is 274 g/mol. The lowest BCUT2D eigenvalue weighted by atomic mass is 9.44. The molecule has 5 fully saturated rings. The van der Waals surface area contributed by atoms with E-state index in [1.807, 2.05) is 0 Å². The summed E-state index contributed by atoms with van der Waals surface area (Å²) in [5.41, 5.74) is 2.04. The van der Waals surface area contributed by atoms with Crippen LogP contribution in [0, 0.1) is 45.8 Å². The number of fused-ring (bicyclic) bond motifs is 3. The molecule has 0 heteroatoms.